The quantitative estimate of drug-likeness (QED) is 0.838. The first kappa shape index (κ1) is 11.1. The Kier molecular flexibility index (Phi) is 3.57. The van der Waals surface area contributed by atoms with Crippen LogP contribution < -0.4 is 5.73 Å². The fourth-order valence-corrected chi connectivity index (χ4v) is 1.85. The molecule has 1 aliphatic heterocycles. The molecule has 0 aromatic heterocycles. The molecule has 0 saturated heterocycles. The zero-order valence-electron chi connectivity index (χ0n) is 9.65. The van der Waals surface area contributed by atoms with Gasteiger partial charge in [-0.15, -0.1) is 0 Å². The molecule has 86 valence electrons. The van der Waals surface area contributed by atoms with Gasteiger partial charge in [0, 0.05) is 5.56 Å². The minimum atomic E-state index is 0.221. The third-order valence-electron chi connectivity index (χ3n) is 2.71. The summed E-state index contributed by atoms with van der Waals surface area (Å²) in [5.41, 5.74) is 7.79. The predicted octanol–water partition coefficient (Wildman–Crippen LogP) is 1.88. The van der Waals surface area contributed by atoms with E-state index in [2.05, 4.69) is 24.0 Å². The van der Waals surface area contributed by atoms with Crippen LogP contribution in [0.5, 0.6) is 0 Å². The fraction of sp³-hybridized carbons (Fsp3) is 0.462. The van der Waals surface area contributed by atoms with Crippen LogP contribution in [0.3, 0.4) is 0 Å². The highest BCUT2D eigenvalue weighted by Gasteiger charge is 2.20. The van der Waals surface area contributed by atoms with Crippen LogP contribution >= 0.6 is 0 Å². The van der Waals surface area contributed by atoms with Crippen LogP contribution in [0.25, 0.3) is 0 Å². The molecule has 2 N–H and O–H groups in total. The maximum absolute atomic E-state index is 5.80. The number of rotatable bonds is 4. The Bertz CT molecular complexity index is 387. The lowest BCUT2D eigenvalue weighted by Gasteiger charge is -2.10. The van der Waals surface area contributed by atoms with Crippen LogP contribution in [0.2, 0.25) is 0 Å². The van der Waals surface area contributed by atoms with Crippen molar-refractivity contribution in [1.29, 1.82) is 0 Å². The van der Waals surface area contributed by atoms with Crippen LogP contribution in [-0.2, 0) is 4.74 Å². The van der Waals surface area contributed by atoms with Crippen LogP contribution in [0.4, 0.5) is 0 Å². The van der Waals surface area contributed by atoms with Gasteiger partial charge in [0.1, 0.15) is 6.10 Å². The molecular weight excluding hydrogens is 200 g/mol. The van der Waals surface area contributed by atoms with Crippen molar-refractivity contribution in [1.82, 2.24) is 0 Å². The van der Waals surface area contributed by atoms with E-state index < -0.39 is 0 Å². The number of nitrogens with zero attached hydrogens (tertiary/aromatic N) is 1. The molecule has 0 spiro atoms. The van der Waals surface area contributed by atoms with Gasteiger partial charge in [0.05, 0.1) is 6.54 Å². The normalized spacial score (nSPS) is 19.4. The highest BCUT2D eigenvalue weighted by molar-refractivity contribution is 5.95. The minimum absolute atomic E-state index is 0.221. The molecule has 1 unspecified atom stereocenters. The van der Waals surface area contributed by atoms with Crippen LogP contribution in [0, 0.1) is 6.92 Å². The Hall–Kier alpha value is -1.35. The van der Waals surface area contributed by atoms with Gasteiger partial charge < -0.3 is 10.5 Å². The molecule has 3 nitrogen and oxygen atoms in total. The summed E-state index contributed by atoms with van der Waals surface area (Å²) in [6.45, 7) is 3.56. The highest BCUT2D eigenvalue weighted by atomic mass is 16.5. The Labute approximate surface area is 96.3 Å². The predicted molar refractivity (Wildman–Crippen MR) is 65.7 cm³/mol. The van der Waals surface area contributed by atoms with E-state index in [9.17, 15) is 0 Å². The van der Waals surface area contributed by atoms with Gasteiger partial charge in [-0.05, 0) is 38.4 Å². The van der Waals surface area contributed by atoms with Crippen LogP contribution in [0.1, 0.15) is 24.0 Å². The first-order valence-electron chi connectivity index (χ1n) is 5.78. The summed E-state index contributed by atoms with van der Waals surface area (Å²) in [5.74, 6) is 0.783. The molecular formula is C13H18N2O. The number of aryl methyl sites for hydroxylation is 1. The first-order chi connectivity index (χ1) is 7.79. The zero-order chi connectivity index (χ0) is 11.4. The Morgan fingerprint density at radius 3 is 3.12 bits per heavy atom. The summed E-state index contributed by atoms with van der Waals surface area (Å²) in [5, 5.41) is 0. The van der Waals surface area contributed by atoms with Gasteiger partial charge in [-0.25, -0.2) is 4.99 Å². The molecule has 16 heavy (non-hydrogen) atoms. The molecule has 0 aliphatic carbocycles. The second-order valence-corrected chi connectivity index (χ2v) is 4.19. The SMILES string of the molecule is Cc1cccc(C2=NCC(CCCN)O2)c1. The molecule has 1 aliphatic rings. The van der Waals surface area contributed by atoms with E-state index in [-0.39, 0.29) is 6.10 Å². The van der Waals surface area contributed by atoms with Crippen molar-refractivity contribution >= 4 is 5.90 Å². The Morgan fingerprint density at radius 1 is 1.50 bits per heavy atom. The minimum Gasteiger partial charge on any atom is -0.472 e. The van der Waals surface area contributed by atoms with Crippen molar-refractivity contribution in [2.24, 2.45) is 10.7 Å². The number of hydrogen-bond donors (Lipinski definition) is 1. The molecule has 1 aromatic rings. The number of hydrogen-bond acceptors (Lipinski definition) is 3. The van der Waals surface area contributed by atoms with Gasteiger partial charge in [0.25, 0.3) is 0 Å². The van der Waals surface area contributed by atoms with Gasteiger partial charge >= 0.3 is 0 Å². The van der Waals surface area contributed by atoms with Gasteiger partial charge in [-0.2, -0.15) is 0 Å². The van der Waals surface area contributed by atoms with E-state index in [0.717, 1.165) is 37.4 Å². The summed E-state index contributed by atoms with van der Waals surface area (Å²) in [6, 6.07) is 8.25. The molecule has 0 fully saturated rings. The molecule has 0 amide bonds. The lowest BCUT2D eigenvalue weighted by atomic mass is 10.1. The standard InChI is InChI=1S/C13H18N2O/c1-10-4-2-5-11(8-10)13-15-9-12(16-13)6-3-7-14/h2,4-5,8,12H,3,6-7,9,14H2,1H3. The second kappa shape index (κ2) is 5.12. The number of aliphatic imine (C=N–C) groups is 1. The summed E-state index contributed by atoms with van der Waals surface area (Å²) in [6.07, 6.45) is 2.22. The Morgan fingerprint density at radius 2 is 2.38 bits per heavy atom. The van der Waals surface area contributed by atoms with E-state index in [1.165, 1.54) is 5.56 Å². The molecule has 1 atom stereocenters. The first-order valence-corrected chi connectivity index (χ1v) is 5.78. The monoisotopic (exact) mass is 218 g/mol. The van der Waals surface area contributed by atoms with Gasteiger partial charge in [0.15, 0.2) is 0 Å². The highest BCUT2D eigenvalue weighted by Crippen LogP contribution is 2.16. The average molecular weight is 218 g/mol. The lowest BCUT2D eigenvalue weighted by Crippen LogP contribution is -2.15. The molecule has 1 aromatic carbocycles. The molecule has 0 radical (unpaired) electrons. The van der Waals surface area contributed by atoms with Crippen molar-refractivity contribution < 1.29 is 4.74 Å². The number of ether oxygens (including phenoxy) is 1. The summed E-state index contributed by atoms with van der Waals surface area (Å²) in [4.78, 5) is 4.44. The van der Waals surface area contributed by atoms with E-state index in [1.807, 2.05) is 12.1 Å². The van der Waals surface area contributed by atoms with Gasteiger partial charge in [-0.1, -0.05) is 17.7 Å². The number of benzene rings is 1. The lowest BCUT2D eigenvalue weighted by molar-refractivity contribution is 0.211. The third-order valence-corrected chi connectivity index (χ3v) is 2.71. The fourth-order valence-electron chi connectivity index (χ4n) is 1.85. The van der Waals surface area contributed by atoms with Crippen molar-refractivity contribution in [2.75, 3.05) is 13.1 Å². The van der Waals surface area contributed by atoms with Crippen molar-refractivity contribution in [3.63, 3.8) is 0 Å². The molecule has 0 saturated carbocycles. The maximum Gasteiger partial charge on any atom is 0.216 e. The van der Waals surface area contributed by atoms with Crippen molar-refractivity contribution in [3.05, 3.63) is 35.4 Å². The average Bonchev–Trinajstić information content (AvgIpc) is 2.75. The molecule has 0 bridgehead atoms. The Balaban J connectivity index is 1.98. The van der Waals surface area contributed by atoms with Gasteiger partial charge in [-0.3, -0.25) is 0 Å². The van der Waals surface area contributed by atoms with Gasteiger partial charge in [0.2, 0.25) is 5.90 Å². The van der Waals surface area contributed by atoms with Crippen molar-refractivity contribution in [3.8, 4) is 0 Å². The largest absolute Gasteiger partial charge is 0.472 e. The number of nitrogens with two attached hydrogens (primary N) is 1. The van der Waals surface area contributed by atoms with Crippen molar-refractivity contribution in [2.45, 2.75) is 25.9 Å². The van der Waals surface area contributed by atoms with E-state index in [4.69, 9.17) is 10.5 Å². The zero-order valence-corrected chi connectivity index (χ0v) is 9.65. The summed E-state index contributed by atoms with van der Waals surface area (Å²) < 4.78 is 5.80. The van der Waals surface area contributed by atoms with Crippen LogP contribution in [-0.4, -0.2) is 25.1 Å². The second-order valence-electron chi connectivity index (χ2n) is 4.19. The van der Waals surface area contributed by atoms with E-state index in [1.54, 1.807) is 0 Å². The summed E-state index contributed by atoms with van der Waals surface area (Å²) in [7, 11) is 0. The topological polar surface area (TPSA) is 47.6 Å². The molecule has 3 heteroatoms. The molecule has 2 rings (SSSR count). The van der Waals surface area contributed by atoms with E-state index in [0.29, 0.717) is 0 Å². The summed E-state index contributed by atoms with van der Waals surface area (Å²) >= 11 is 0. The van der Waals surface area contributed by atoms with E-state index >= 15 is 0 Å². The smallest absolute Gasteiger partial charge is 0.216 e. The third kappa shape index (κ3) is 2.61. The maximum atomic E-state index is 5.80. The molecule has 1 heterocycles. The van der Waals surface area contributed by atoms with Crippen LogP contribution in [0.15, 0.2) is 29.3 Å².